The molecule has 23 heteroatoms. The normalized spacial score (nSPS) is 14.2. The van der Waals surface area contributed by atoms with Gasteiger partial charge in [-0.25, -0.2) is 27.6 Å². The summed E-state index contributed by atoms with van der Waals surface area (Å²) >= 11 is 5.58. The number of Topliss-reactive ketones (excluding diaryl/α,β-unsaturated/α-hetero) is 2. The molecule has 3 fully saturated rings. The number of carbonyl (C=O) groups is 2. The molecule has 0 radical (unpaired) electrons. The molecule has 0 unspecified atom stereocenters. The SMILES string of the molecule is CC(=O)Cc1cccc(-c2c(C)n(C3CCOCC3)c(=O)c3c(Cc4ccc(I)cc4F)c(C)c(=O)oc23)c1.CC(=O)Cc1cccc(-c2c(C)n(C3CCOCC3)c(=O)c3c(Cc4ccccc4F)c(C)c(=O)oc23)c1.Cc1c(Cc2ccccc2F)c2c(=O)n(C3CCOCC3)c(C)c(Br)c2oc1=O.[CH3-].[W]. The van der Waals surface area contributed by atoms with Gasteiger partial charge in [-0.1, -0.05) is 91.0 Å². The van der Waals surface area contributed by atoms with E-state index in [1.165, 1.54) is 32.0 Å². The van der Waals surface area contributed by atoms with E-state index in [1.807, 2.05) is 91.9 Å². The van der Waals surface area contributed by atoms with E-state index in [4.69, 9.17) is 27.5 Å². The van der Waals surface area contributed by atoms with Gasteiger partial charge in [-0.05, 0) is 212 Å². The first-order valence-electron chi connectivity index (χ1n) is 35.4. The molecular formula is C85H83BrF3IN3O14W-. The zero-order valence-electron chi connectivity index (χ0n) is 61.6. The fraction of sp³-hybridized carbons (Fsp3) is 0.329. The first-order valence-corrected chi connectivity index (χ1v) is 37.3. The van der Waals surface area contributed by atoms with Crippen LogP contribution >= 0.6 is 38.5 Å². The van der Waals surface area contributed by atoms with Gasteiger partial charge in [0.25, 0.3) is 16.7 Å². The maximum absolute atomic E-state index is 15.0. The first kappa shape index (κ1) is 82.0. The summed E-state index contributed by atoms with van der Waals surface area (Å²) in [6, 6.07) is 32.6. The fourth-order valence-electron chi connectivity index (χ4n) is 15.1. The second kappa shape index (κ2) is 35.5. The summed E-state index contributed by atoms with van der Waals surface area (Å²) in [5, 5.41) is 0.901. The number of hydrogen-bond acceptors (Lipinski definition) is 14. The number of halogens is 5. The summed E-state index contributed by atoms with van der Waals surface area (Å²) in [4.78, 5) is 105. The minimum absolute atomic E-state index is 0. The molecule has 564 valence electrons. The number of carbonyl (C=O) groups excluding carboxylic acids is 2. The zero-order chi connectivity index (χ0) is 75.5. The van der Waals surface area contributed by atoms with E-state index in [-0.39, 0.29) is 151 Å². The van der Waals surface area contributed by atoms with Gasteiger partial charge in [0, 0.05) is 159 Å². The third-order valence-electron chi connectivity index (χ3n) is 20.6. The molecule has 0 spiro atoms. The third-order valence-corrected chi connectivity index (χ3v) is 22.2. The molecule has 11 aromatic rings. The van der Waals surface area contributed by atoms with Gasteiger partial charge in [-0.3, -0.25) is 24.0 Å². The van der Waals surface area contributed by atoms with Gasteiger partial charge in [-0.15, -0.1) is 0 Å². The van der Waals surface area contributed by atoms with Crippen LogP contribution in [0.15, 0.2) is 162 Å². The van der Waals surface area contributed by atoms with Crippen LogP contribution < -0.4 is 33.6 Å². The molecule has 5 aromatic carbocycles. The summed E-state index contributed by atoms with van der Waals surface area (Å²) in [5.41, 5.74) is 8.25. The van der Waals surface area contributed by atoms with Crippen molar-refractivity contribution in [2.45, 2.75) is 144 Å². The quantitative estimate of drug-likeness (QED) is 0.0689. The number of ketones is 2. The maximum Gasteiger partial charge on any atom is 0.339 e. The third kappa shape index (κ3) is 17.1. The van der Waals surface area contributed by atoms with Gasteiger partial charge in [0.15, 0.2) is 16.7 Å². The Labute approximate surface area is 658 Å². The average Bonchev–Trinajstić information content (AvgIpc) is 0.741. The van der Waals surface area contributed by atoms with E-state index < -0.39 is 28.5 Å². The Balaban J connectivity index is 0.000000173. The molecule has 0 bridgehead atoms. The van der Waals surface area contributed by atoms with Gasteiger partial charge in [0.1, 0.15) is 29.0 Å². The van der Waals surface area contributed by atoms with Gasteiger partial charge in [0.05, 0.1) is 20.6 Å². The molecular weight excluding hydrogens is 1730 g/mol. The van der Waals surface area contributed by atoms with Crippen molar-refractivity contribution < 1.29 is 71.3 Å². The smallest absolute Gasteiger partial charge is 0.339 e. The Morgan fingerprint density at radius 3 is 1.13 bits per heavy atom. The Hall–Kier alpha value is -8.51. The van der Waals surface area contributed by atoms with Crippen molar-refractivity contribution >= 4 is 83.0 Å². The van der Waals surface area contributed by atoms with Crippen LogP contribution in [0.25, 0.3) is 55.2 Å². The van der Waals surface area contributed by atoms with Gasteiger partial charge >= 0.3 is 16.9 Å². The number of benzene rings is 5. The van der Waals surface area contributed by atoms with Crippen LogP contribution in [0.3, 0.4) is 0 Å². The summed E-state index contributed by atoms with van der Waals surface area (Å²) in [6.07, 6.45) is 5.00. The number of hydrogen-bond donors (Lipinski definition) is 0. The molecule has 6 aromatic heterocycles. The molecule has 0 aliphatic carbocycles. The number of fused-ring (bicyclic) bond motifs is 3. The van der Waals surface area contributed by atoms with Crippen molar-refractivity contribution in [2.24, 2.45) is 0 Å². The molecule has 0 atom stereocenters. The summed E-state index contributed by atoms with van der Waals surface area (Å²) < 4.78 is 84.5. The molecule has 3 aliphatic heterocycles. The Kier molecular flexibility index (Phi) is 26.9. The van der Waals surface area contributed by atoms with Gasteiger partial charge in [-0.2, -0.15) is 0 Å². The van der Waals surface area contributed by atoms with E-state index in [2.05, 4.69) is 15.9 Å². The molecule has 3 saturated heterocycles. The van der Waals surface area contributed by atoms with Crippen LogP contribution in [0.2, 0.25) is 0 Å². The number of ether oxygens (including phenoxy) is 3. The van der Waals surface area contributed by atoms with Crippen molar-refractivity contribution in [1.29, 1.82) is 0 Å². The van der Waals surface area contributed by atoms with E-state index in [0.717, 1.165) is 38.7 Å². The standard InChI is InChI=1S/C31H29FINO5.C31H30FNO5.C22H21BrFNO4.CH3.W/c1-17(35)13-20-5-4-6-22(14-20)27-19(3)34(24-9-11-38-12-10-24)30(36)28-25(18(2)31(37)39-29(27)28)15-21-7-8-23(33)16-26(21)32;1-18(34)15-21-7-6-9-23(16-21)27-20(3)33(24-11-13-37-14-12-24)30(35)28-25(19(2)31(36)38-29(27)28)17-22-8-4-5-10-26(22)32;1-12-16(11-14-5-3-4-6-17(14)24)18-20(29-22(12)27)19(23)13(2)25(21(18)26)15-7-9-28-10-8-15;;/h4-8,14,16,24H,9-13,15H2,1-3H3;4-10,16,24H,11-15,17H2,1-3H3;3-6,15H,7-11H2,1-2H3;1H3;/q;;;-1;. The predicted molar refractivity (Wildman–Crippen MR) is 420 cm³/mol. The van der Waals surface area contributed by atoms with Crippen molar-refractivity contribution in [1.82, 2.24) is 13.7 Å². The van der Waals surface area contributed by atoms with Crippen LogP contribution in [0.5, 0.6) is 0 Å². The van der Waals surface area contributed by atoms with Crippen LogP contribution in [-0.2, 0) is 77.0 Å². The van der Waals surface area contributed by atoms with Crippen LogP contribution in [0.1, 0.15) is 149 Å². The minimum Gasteiger partial charge on any atom is -0.422 e. The van der Waals surface area contributed by atoms with Gasteiger partial charge in [0.2, 0.25) is 0 Å². The van der Waals surface area contributed by atoms with E-state index >= 15 is 0 Å². The Bertz CT molecular complexity index is 5690. The fourth-order valence-corrected chi connectivity index (χ4v) is 16.0. The number of aromatic nitrogens is 3. The van der Waals surface area contributed by atoms with Crippen molar-refractivity contribution in [3.63, 3.8) is 0 Å². The van der Waals surface area contributed by atoms with E-state index in [1.54, 1.807) is 83.0 Å². The number of nitrogens with zero attached hydrogens (tertiary/aromatic N) is 3. The number of pyridine rings is 3. The predicted octanol–water partition coefficient (Wildman–Crippen LogP) is 16.4. The van der Waals surface area contributed by atoms with Crippen LogP contribution in [-0.4, -0.2) is 64.9 Å². The molecule has 17 nitrogen and oxygen atoms in total. The van der Waals surface area contributed by atoms with Crippen molar-refractivity contribution in [3.05, 3.63) is 289 Å². The first-order chi connectivity index (χ1) is 50.8. The molecule has 0 N–H and O–H groups in total. The Morgan fingerprint density at radius 1 is 0.444 bits per heavy atom. The summed E-state index contributed by atoms with van der Waals surface area (Å²) in [7, 11) is 0. The molecule has 3 aliphatic rings. The molecule has 9 heterocycles. The Morgan fingerprint density at radius 2 is 0.778 bits per heavy atom. The van der Waals surface area contributed by atoms with Crippen molar-refractivity contribution in [3.8, 4) is 22.3 Å². The van der Waals surface area contributed by atoms with E-state index in [0.29, 0.717) is 142 Å². The second-order valence-electron chi connectivity index (χ2n) is 27.6. The molecule has 0 amide bonds. The monoisotopic (exact) mass is 1820 g/mol. The zero-order valence-corrected chi connectivity index (χ0v) is 68.3. The van der Waals surface area contributed by atoms with Gasteiger partial charge < -0.3 is 48.6 Å². The number of rotatable bonds is 15. The second-order valence-corrected chi connectivity index (χ2v) is 29.6. The molecule has 0 saturated carbocycles. The molecule has 108 heavy (non-hydrogen) atoms. The minimum atomic E-state index is -0.563. The van der Waals surface area contributed by atoms with Crippen molar-refractivity contribution in [2.75, 3.05) is 39.6 Å². The maximum atomic E-state index is 15.0. The largest absolute Gasteiger partial charge is 0.422 e. The summed E-state index contributed by atoms with van der Waals surface area (Å²) in [5.74, 6) is -1.10. The molecule has 14 rings (SSSR count). The van der Waals surface area contributed by atoms with Crippen LogP contribution in [0.4, 0.5) is 13.2 Å². The topological polar surface area (TPSA) is 218 Å². The van der Waals surface area contributed by atoms with E-state index in [9.17, 15) is 51.5 Å². The van der Waals surface area contributed by atoms with Crippen LogP contribution in [0, 0.1) is 70.0 Å². The average molecular weight is 1820 g/mol. The summed E-state index contributed by atoms with van der Waals surface area (Å²) in [6.45, 7) is 16.9.